The molecule has 1 atom stereocenters. The highest BCUT2D eigenvalue weighted by Crippen LogP contribution is 2.22. The molecule has 2 N–H and O–H groups in total. The molecule has 1 aliphatic heterocycles. The van der Waals surface area contributed by atoms with E-state index in [1.54, 1.807) is 30.3 Å². The van der Waals surface area contributed by atoms with Crippen molar-refractivity contribution in [2.45, 2.75) is 32.3 Å². The Labute approximate surface area is 180 Å². The van der Waals surface area contributed by atoms with Crippen LogP contribution in [0.5, 0.6) is 0 Å². The lowest BCUT2D eigenvalue weighted by Crippen LogP contribution is -2.31. The van der Waals surface area contributed by atoms with Gasteiger partial charge in [0.05, 0.1) is 0 Å². The maximum atomic E-state index is 12.5. The van der Waals surface area contributed by atoms with Crippen LogP contribution >= 0.6 is 0 Å². The quantitative estimate of drug-likeness (QED) is 0.616. The molecule has 1 aromatic heterocycles. The van der Waals surface area contributed by atoms with E-state index in [4.69, 9.17) is 4.74 Å². The summed E-state index contributed by atoms with van der Waals surface area (Å²) in [5.41, 5.74) is 1.40. The van der Waals surface area contributed by atoms with E-state index < -0.39 is 18.0 Å². The molecule has 1 saturated heterocycles. The topological polar surface area (TPSA) is 91.5 Å². The second-order valence-electron chi connectivity index (χ2n) is 7.73. The van der Waals surface area contributed by atoms with E-state index >= 15 is 0 Å². The molecule has 160 valence electrons. The molecule has 0 spiro atoms. The van der Waals surface area contributed by atoms with Crippen LogP contribution in [0.2, 0.25) is 0 Å². The maximum absolute atomic E-state index is 12.5. The number of carbonyl (C=O) groups is 2. The van der Waals surface area contributed by atoms with Crippen LogP contribution in [0.1, 0.15) is 36.7 Å². The van der Waals surface area contributed by atoms with E-state index in [-0.39, 0.29) is 11.3 Å². The van der Waals surface area contributed by atoms with Gasteiger partial charge in [0, 0.05) is 29.9 Å². The fourth-order valence-corrected chi connectivity index (χ4v) is 3.75. The SMILES string of the molecule is C[C@@H](OC(=O)c1cc2ccccc2c(=O)[nH]1)C(=O)Nc1ccc(N2CCCCC2)cc1. The van der Waals surface area contributed by atoms with Crippen LogP contribution in [0.25, 0.3) is 10.8 Å². The van der Waals surface area contributed by atoms with Crippen LogP contribution in [-0.2, 0) is 9.53 Å². The highest BCUT2D eigenvalue weighted by molar-refractivity contribution is 5.98. The van der Waals surface area contributed by atoms with Gasteiger partial charge in [-0.3, -0.25) is 9.59 Å². The fourth-order valence-electron chi connectivity index (χ4n) is 3.75. The highest BCUT2D eigenvalue weighted by atomic mass is 16.5. The summed E-state index contributed by atoms with van der Waals surface area (Å²) in [6.07, 6.45) is 2.64. The third kappa shape index (κ3) is 4.77. The zero-order valence-corrected chi connectivity index (χ0v) is 17.4. The number of aromatic nitrogens is 1. The number of fused-ring (bicyclic) bond motifs is 1. The molecule has 0 saturated carbocycles. The van der Waals surface area contributed by atoms with Crippen molar-refractivity contribution in [3.63, 3.8) is 0 Å². The van der Waals surface area contributed by atoms with Crippen molar-refractivity contribution in [2.24, 2.45) is 0 Å². The van der Waals surface area contributed by atoms with Gasteiger partial charge in [0.1, 0.15) is 5.69 Å². The Morgan fingerprint density at radius 2 is 1.74 bits per heavy atom. The van der Waals surface area contributed by atoms with Crippen molar-refractivity contribution in [3.8, 4) is 0 Å². The first-order valence-corrected chi connectivity index (χ1v) is 10.5. The van der Waals surface area contributed by atoms with Crippen LogP contribution in [0.3, 0.4) is 0 Å². The van der Waals surface area contributed by atoms with Crippen molar-refractivity contribution >= 4 is 34.0 Å². The number of ether oxygens (including phenoxy) is 1. The molecule has 3 aromatic rings. The first kappa shape index (κ1) is 20.7. The van der Waals surface area contributed by atoms with E-state index in [0.717, 1.165) is 18.8 Å². The number of hydrogen-bond donors (Lipinski definition) is 2. The van der Waals surface area contributed by atoms with E-state index in [2.05, 4.69) is 15.2 Å². The second kappa shape index (κ2) is 9.04. The third-order valence-corrected chi connectivity index (χ3v) is 5.48. The Bertz CT molecular complexity index is 1150. The predicted octanol–water partition coefficient (Wildman–Crippen LogP) is 3.70. The lowest BCUT2D eigenvalue weighted by atomic mass is 10.1. The summed E-state index contributed by atoms with van der Waals surface area (Å²) < 4.78 is 5.26. The normalized spacial score (nSPS) is 14.8. The van der Waals surface area contributed by atoms with Gasteiger partial charge in [-0.15, -0.1) is 0 Å². The molecule has 7 nitrogen and oxygen atoms in total. The van der Waals surface area contributed by atoms with E-state index in [1.165, 1.54) is 26.2 Å². The summed E-state index contributed by atoms with van der Waals surface area (Å²) in [5.74, 6) is -1.20. The van der Waals surface area contributed by atoms with E-state index in [9.17, 15) is 14.4 Å². The van der Waals surface area contributed by atoms with E-state index in [0.29, 0.717) is 16.5 Å². The Morgan fingerprint density at radius 3 is 2.48 bits per heavy atom. The number of carbonyl (C=O) groups excluding carboxylic acids is 2. The van der Waals surface area contributed by atoms with Gasteiger partial charge >= 0.3 is 5.97 Å². The van der Waals surface area contributed by atoms with E-state index in [1.807, 2.05) is 24.3 Å². The molecular formula is C24H25N3O4. The summed E-state index contributed by atoms with van der Waals surface area (Å²) in [6.45, 7) is 3.60. The van der Waals surface area contributed by atoms with Crippen molar-refractivity contribution in [2.75, 3.05) is 23.3 Å². The minimum atomic E-state index is -1.02. The zero-order valence-electron chi connectivity index (χ0n) is 17.4. The molecule has 0 bridgehead atoms. The van der Waals surface area contributed by atoms with Gasteiger partial charge in [-0.05, 0) is 68.0 Å². The molecule has 2 heterocycles. The van der Waals surface area contributed by atoms with Gasteiger partial charge in [0.2, 0.25) is 0 Å². The molecule has 31 heavy (non-hydrogen) atoms. The molecule has 1 fully saturated rings. The smallest absolute Gasteiger partial charge is 0.355 e. The summed E-state index contributed by atoms with van der Waals surface area (Å²) >= 11 is 0. The number of amides is 1. The van der Waals surface area contributed by atoms with Gasteiger partial charge in [0.15, 0.2) is 6.10 Å². The number of hydrogen-bond acceptors (Lipinski definition) is 5. The molecular weight excluding hydrogens is 394 g/mol. The van der Waals surface area contributed by atoms with Gasteiger partial charge < -0.3 is 19.9 Å². The lowest BCUT2D eigenvalue weighted by molar-refractivity contribution is -0.123. The molecule has 2 aromatic carbocycles. The Kier molecular flexibility index (Phi) is 6.02. The molecule has 0 radical (unpaired) electrons. The fraction of sp³-hybridized carbons (Fsp3) is 0.292. The van der Waals surface area contributed by atoms with Crippen molar-refractivity contribution < 1.29 is 14.3 Å². The minimum absolute atomic E-state index is 0.00855. The minimum Gasteiger partial charge on any atom is -0.448 e. The summed E-state index contributed by atoms with van der Waals surface area (Å²) in [6, 6.07) is 16.2. The number of nitrogens with zero attached hydrogens (tertiary/aromatic N) is 1. The van der Waals surface area contributed by atoms with Crippen molar-refractivity contribution in [1.29, 1.82) is 0 Å². The third-order valence-electron chi connectivity index (χ3n) is 5.48. The van der Waals surface area contributed by atoms with Gasteiger partial charge in [-0.1, -0.05) is 18.2 Å². The van der Waals surface area contributed by atoms with Crippen LogP contribution in [0.4, 0.5) is 11.4 Å². The first-order chi connectivity index (χ1) is 15.0. The molecule has 1 amide bonds. The Morgan fingerprint density at radius 1 is 1.03 bits per heavy atom. The predicted molar refractivity (Wildman–Crippen MR) is 121 cm³/mol. The Balaban J connectivity index is 1.38. The first-order valence-electron chi connectivity index (χ1n) is 10.5. The van der Waals surface area contributed by atoms with Crippen molar-refractivity contribution in [1.82, 2.24) is 4.98 Å². The number of benzene rings is 2. The molecule has 7 heteroatoms. The standard InChI is InChI=1S/C24H25N3O4/c1-16(31-24(30)21-15-17-7-3-4-8-20(17)23(29)26-21)22(28)25-18-9-11-19(12-10-18)27-13-5-2-6-14-27/h3-4,7-12,15-16H,2,5-6,13-14H2,1H3,(H,25,28)(H,26,29)/t16-/m1/s1. The van der Waals surface area contributed by atoms with Crippen LogP contribution in [0.15, 0.2) is 59.4 Å². The summed E-state index contributed by atoms with van der Waals surface area (Å²) in [5, 5.41) is 3.88. The average molecular weight is 419 g/mol. The number of rotatable bonds is 5. The number of pyridine rings is 1. The number of esters is 1. The lowest BCUT2D eigenvalue weighted by Gasteiger charge is -2.28. The summed E-state index contributed by atoms with van der Waals surface area (Å²) in [7, 11) is 0. The number of anilines is 2. The second-order valence-corrected chi connectivity index (χ2v) is 7.73. The maximum Gasteiger partial charge on any atom is 0.355 e. The number of piperidine rings is 1. The van der Waals surface area contributed by atoms with Crippen LogP contribution in [0, 0.1) is 0 Å². The molecule has 4 rings (SSSR count). The van der Waals surface area contributed by atoms with Gasteiger partial charge in [-0.25, -0.2) is 4.79 Å². The van der Waals surface area contributed by atoms with Gasteiger partial charge in [0.25, 0.3) is 11.5 Å². The molecule has 0 unspecified atom stereocenters. The zero-order chi connectivity index (χ0) is 21.8. The molecule has 0 aliphatic carbocycles. The van der Waals surface area contributed by atoms with Crippen molar-refractivity contribution in [3.05, 3.63) is 70.6 Å². The number of H-pyrrole nitrogens is 1. The van der Waals surface area contributed by atoms with Gasteiger partial charge in [-0.2, -0.15) is 0 Å². The largest absolute Gasteiger partial charge is 0.448 e. The average Bonchev–Trinajstić information content (AvgIpc) is 2.80. The summed E-state index contributed by atoms with van der Waals surface area (Å²) in [4.78, 5) is 41.9. The monoisotopic (exact) mass is 419 g/mol. The van der Waals surface area contributed by atoms with Crippen LogP contribution < -0.4 is 15.8 Å². The highest BCUT2D eigenvalue weighted by Gasteiger charge is 2.20. The Hall–Kier alpha value is -3.61. The molecule has 1 aliphatic rings. The number of aromatic amines is 1. The van der Waals surface area contributed by atoms with Crippen LogP contribution in [-0.4, -0.2) is 36.1 Å². The number of nitrogens with one attached hydrogen (secondary N) is 2.